The molecule has 0 fully saturated rings. The Morgan fingerprint density at radius 1 is 0.759 bits per heavy atom. The van der Waals surface area contributed by atoms with Crippen LogP contribution in [0.5, 0.6) is 0 Å². The summed E-state index contributed by atoms with van der Waals surface area (Å²) >= 11 is 0. The SMILES string of the molecule is CC1C=CC2C3=C(C=CC2C(c2ccc(-c4ccccc4)cc2)C1C)CCC=C3. The van der Waals surface area contributed by atoms with Crippen LogP contribution in [0, 0.1) is 23.7 Å². The lowest BCUT2D eigenvalue weighted by atomic mass is 9.66. The van der Waals surface area contributed by atoms with Crippen LogP contribution in [0.2, 0.25) is 0 Å². The molecular weight excluding hydrogens is 348 g/mol. The average molecular weight is 379 g/mol. The van der Waals surface area contributed by atoms with Gasteiger partial charge < -0.3 is 0 Å². The van der Waals surface area contributed by atoms with E-state index in [2.05, 4.69) is 105 Å². The molecule has 3 aliphatic rings. The van der Waals surface area contributed by atoms with E-state index in [1.54, 1.807) is 11.1 Å². The van der Waals surface area contributed by atoms with Crippen molar-refractivity contribution in [2.75, 3.05) is 0 Å². The highest BCUT2D eigenvalue weighted by Gasteiger charge is 2.38. The number of allylic oxidation sites excluding steroid dienone is 8. The number of hydrogen-bond acceptors (Lipinski definition) is 0. The molecule has 0 N–H and O–H groups in total. The third-order valence-electron chi connectivity index (χ3n) is 7.38. The quantitative estimate of drug-likeness (QED) is 0.469. The smallest absolute Gasteiger partial charge is 0.00896 e. The number of hydrogen-bond donors (Lipinski definition) is 0. The Bertz CT molecular complexity index is 984. The third-order valence-corrected chi connectivity index (χ3v) is 7.38. The van der Waals surface area contributed by atoms with E-state index < -0.39 is 0 Å². The fourth-order valence-corrected chi connectivity index (χ4v) is 5.54. The first-order valence-corrected chi connectivity index (χ1v) is 11.1. The van der Waals surface area contributed by atoms with Gasteiger partial charge in [-0.3, -0.25) is 0 Å². The Balaban J connectivity index is 1.52. The number of fused-ring (bicyclic) bond motifs is 2. The van der Waals surface area contributed by atoms with Gasteiger partial charge in [0.15, 0.2) is 0 Å². The highest BCUT2D eigenvalue weighted by molar-refractivity contribution is 5.63. The van der Waals surface area contributed by atoms with Crippen molar-refractivity contribution in [3.63, 3.8) is 0 Å². The lowest BCUT2D eigenvalue weighted by molar-refractivity contribution is 0.302. The van der Waals surface area contributed by atoms with E-state index in [1.165, 1.54) is 29.5 Å². The van der Waals surface area contributed by atoms with E-state index in [1.807, 2.05) is 0 Å². The van der Waals surface area contributed by atoms with Crippen LogP contribution < -0.4 is 0 Å². The third kappa shape index (κ3) is 3.35. The first-order valence-electron chi connectivity index (χ1n) is 11.1. The molecule has 0 aromatic heterocycles. The molecule has 29 heavy (non-hydrogen) atoms. The Morgan fingerprint density at radius 3 is 2.31 bits per heavy atom. The van der Waals surface area contributed by atoms with Gasteiger partial charge in [-0.25, -0.2) is 0 Å². The summed E-state index contributed by atoms with van der Waals surface area (Å²) in [5, 5.41) is 0. The molecular formula is C29H30. The van der Waals surface area contributed by atoms with E-state index >= 15 is 0 Å². The summed E-state index contributed by atoms with van der Waals surface area (Å²) in [6, 6.07) is 20.1. The zero-order valence-electron chi connectivity index (χ0n) is 17.5. The van der Waals surface area contributed by atoms with E-state index in [4.69, 9.17) is 0 Å². The minimum atomic E-state index is 0.512. The molecule has 5 unspecified atom stereocenters. The molecule has 3 aliphatic carbocycles. The maximum absolute atomic E-state index is 2.53. The second-order valence-electron chi connectivity index (χ2n) is 9.00. The van der Waals surface area contributed by atoms with E-state index in [9.17, 15) is 0 Å². The molecule has 0 saturated carbocycles. The van der Waals surface area contributed by atoms with E-state index in [-0.39, 0.29) is 0 Å². The molecule has 146 valence electrons. The summed E-state index contributed by atoms with van der Waals surface area (Å²) in [5.74, 6) is 2.79. The molecule has 0 saturated heterocycles. The van der Waals surface area contributed by atoms with Crippen molar-refractivity contribution in [2.24, 2.45) is 23.7 Å². The summed E-state index contributed by atoms with van der Waals surface area (Å²) in [7, 11) is 0. The minimum absolute atomic E-state index is 0.512. The normalized spacial score (nSPS) is 30.6. The van der Waals surface area contributed by atoms with Crippen molar-refractivity contribution < 1.29 is 0 Å². The second-order valence-corrected chi connectivity index (χ2v) is 9.00. The van der Waals surface area contributed by atoms with Crippen molar-refractivity contribution in [3.05, 3.63) is 108 Å². The van der Waals surface area contributed by atoms with Crippen LogP contribution in [-0.4, -0.2) is 0 Å². The van der Waals surface area contributed by atoms with Gasteiger partial charge in [0.2, 0.25) is 0 Å². The molecule has 5 rings (SSSR count). The molecule has 2 aromatic rings. The van der Waals surface area contributed by atoms with Crippen molar-refractivity contribution in [2.45, 2.75) is 32.6 Å². The molecule has 0 heterocycles. The average Bonchev–Trinajstić information content (AvgIpc) is 2.91. The van der Waals surface area contributed by atoms with Gasteiger partial charge in [0.1, 0.15) is 0 Å². The molecule has 0 aliphatic heterocycles. The van der Waals surface area contributed by atoms with Gasteiger partial charge in [-0.1, -0.05) is 105 Å². The van der Waals surface area contributed by atoms with Gasteiger partial charge in [0.05, 0.1) is 0 Å². The Kier molecular flexibility index (Phi) is 4.87. The maximum Gasteiger partial charge on any atom is 0.00896 e. The van der Waals surface area contributed by atoms with Crippen LogP contribution in [0.25, 0.3) is 11.1 Å². The van der Waals surface area contributed by atoms with Crippen LogP contribution in [0.1, 0.15) is 38.2 Å². The van der Waals surface area contributed by atoms with Crippen molar-refractivity contribution in [1.29, 1.82) is 0 Å². The topological polar surface area (TPSA) is 0 Å². The molecule has 5 atom stereocenters. The van der Waals surface area contributed by atoms with Gasteiger partial charge >= 0.3 is 0 Å². The predicted octanol–water partition coefficient (Wildman–Crippen LogP) is 7.73. The highest BCUT2D eigenvalue weighted by atomic mass is 14.4. The Hall–Kier alpha value is -2.60. The molecule has 0 nitrogen and oxygen atoms in total. The molecule has 2 aromatic carbocycles. The van der Waals surface area contributed by atoms with Crippen molar-refractivity contribution in [3.8, 4) is 11.1 Å². The van der Waals surface area contributed by atoms with Gasteiger partial charge in [-0.15, -0.1) is 0 Å². The number of rotatable bonds is 2. The zero-order valence-corrected chi connectivity index (χ0v) is 17.5. The molecule has 0 heteroatoms. The fourth-order valence-electron chi connectivity index (χ4n) is 5.54. The number of benzene rings is 2. The van der Waals surface area contributed by atoms with Gasteiger partial charge in [0, 0.05) is 5.92 Å². The standard InChI is InChI=1S/C29H30/c1-20-12-18-27-26-11-7-6-10-24(26)17-19-28(27)29(21(20)2)25-15-13-23(14-16-25)22-8-4-3-5-9-22/h3-5,7-9,11-21,27-29H,6,10H2,1-2H3. The summed E-state index contributed by atoms with van der Waals surface area (Å²) in [5.41, 5.74) is 7.19. The van der Waals surface area contributed by atoms with Crippen molar-refractivity contribution in [1.82, 2.24) is 0 Å². The van der Waals surface area contributed by atoms with E-state index in [0.717, 1.165) is 0 Å². The molecule has 0 spiro atoms. The second kappa shape index (κ2) is 7.67. The molecule has 0 radical (unpaired) electrons. The van der Waals surface area contributed by atoms with Crippen LogP contribution in [0.3, 0.4) is 0 Å². The molecule has 0 amide bonds. The first kappa shape index (κ1) is 18.4. The van der Waals surface area contributed by atoms with Crippen molar-refractivity contribution >= 4 is 0 Å². The van der Waals surface area contributed by atoms with Crippen LogP contribution in [0.4, 0.5) is 0 Å². The monoisotopic (exact) mass is 378 g/mol. The zero-order chi connectivity index (χ0) is 19.8. The Morgan fingerprint density at radius 2 is 1.52 bits per heavy atom. The first-order chi connectivity index (χ1) is 14.2. The van der Waals surface area contributed by atoms with Crippen LogP contribution in [0.15, 0.2) is 102 Å². The van der Waals surface area contributed by atoms with E-state index in [0.29, 0.717) is 29.6 Å². The van der Waals surface area contributed by atoms with Crippen LogP contribution in [-0.2, 0) is 0 Å². The maximum atomic E-state index is 2.53. The Labute approximate surface area is 175 Å². The lowest BCUT2D eigenvalue weighted by Crippen LogP contribution is -2.28. The van der Waals surface area contributed by atoms with Gasteiger partial charge in [-0.2, -0.15) is 0 Å². The molecule has 0 bridgehead atoms. The summed E-state index contributed by atoms with van der Waals surface area (Å²) in [4.78, 5) is 0. The fraction of sp³-hybridized carbons (Fsp3) is 0.310. The largest absolute Gasteiger partial charge is 0.0848 e. The summed E-state index contributed by atoms with van der Waals surface area (Å²) in [6.07, 6.45) is 17.1. The van der Waals surface area contributed by atoms with Gasteiger partial charge in [-0.05, 0) is 64.3 Å². The van der Waals surface area contributed by atoms with Gasteiger partial charge in [0.25, 0.3) is 0 Å². The van der Waals surface area contributed by atoms with Crippen LogP contribution >= 0.6 is 0 Å². The summed E-state index contributed by atoms with van der Waals surface area (Å²) < 4.78 is 0. The summed E-state index contributed by atoms with van der Waals surface area (Å²) in [6.45, 7) is 4.83. The highest BCUT2D eigenvalue weighted by Crippen LogP contribution is 2.49. The predicted molar refractivity (Wildman–Crippen MR) is 124 cm³/mol. The lowest BCUT2D eigenvalue weighted by Gasteiger charge is -2.38. The minimum Gasteiger partial charge on any atom is -0.0848 e.